The largest absolute Gasteiger partial charge is 0.477 e. The van der Waals surface area contributed by atoms with Crippen LogP contribution in [-0.2, 0) is 0 Å². The SMILES string of the molecule is CC1CC1c1ccc(-c2ncc(C(=O)O)s2)o1. The molecular formula is C12H11NO3S. The maximum absolute atomic E-state index is 10.8. The van der Waals surface area contributed by atoms with Crippen LogP contribution >= 0.6 is 11.3 Å². The minimum Gasteiger partial charge on any atom is -0.477 e. The molecule has 0 amide bonds. The number of hydrogen-bond acceptors (Lipinski definition) is 4. The number of nitrogens with zero attached hydrogens (tertiary/aromatic N) is 1. The zero-order chi connectivity index (χ0) is 12.0. The summed E-state index contributed by atoms with van der Waals surface area (Å²) >= 11 is 1.14. The van der Waals surface area contributed by atoms with Gasteiger partial charge < -0.3 is 9.52 Å². The Bertz CT molecular complexity index is 572. The van der Waals surface area contributed by atoms with Gasteiger partial charge in [-0.15, -0.1) is 11.3 Å². The number of rotatable bonds is 3. The first-order valence-electron chi connectivity index (χ1n) is 5.44. The minimum absolute atomic E-state index is 0.234. The topological polar surface area (TPSA) is 63.3 Å². The number of furan rings is 1. The highest BCUT2D eigenvalue weighted by atomic mass is 32.1. The van der Waals surface area contributed by atoms with Crippen LogP contribution in [0.2, 0.25) is 0 Å². The molecular weight excluding hydrogens is 238 g/mol. The Kier molecular flexibility index (Phi) is 2.29. The summed E-state index contributed by atoms with van der Waals surface area (Å²) in [4.78, 5) is 15.0. The van der Waals surface area contributed by atoms with Crippen LogP contribution in [0.3, 0.4) is 0 Å². The summed E-state index contributed by atoms with van der Waals surface area (Å²) < 4.78 is 5.71. The van der Waals surface area contributed by atoms with Crippen molar-refractivity contribution in [3.8, 4) is 10.8 Å². The van der Waals surface area contributed by atoms with Crippen molar-refractivity contribution in [2.45, 2.75) is 19.3 Å². The Morgan fingerprint density at radius 3 is 2.94 bits per heavy atom. The summed E-state index contributed by atoms with van der Waals surface area (Å²) in [6.07, 6.45) is 2.54. The quantitative estimate of drug-likeness (QED) is 0.907. The second-order valence-corrected chi connectivity index (χ2v) is 5.39. The van der Waals surface area contributed by atoms with E-state index in [0.717, 1.165) is 17.1 Å². The minimum atomic E-state index is -0.948. The van der Waals surface area contributed by atoms with Gasteiger partial charge in [0.05, 0.1) is 6.20 Å². The van der Waals surface area contributed by atoms with Crippen LogP contribution in [0.5, 0.6) is 0 Å². The molecule has 1 N–H and O–H groups in total. The zero-order valence-corrected chi connectivity index (χ0v) is 10.0. The number of hydrogen-bond donors (Lipinski definition) is 1. The molecule has 0 saturated heterocycles. The Labute approximate surface area is 102 Å². The average Bonchev–Trinajstić information content (AvgIpc) is 2.78. The van der Waals surface area contributed by atoms with Gasteiger partial charge in [0.15, 0.2) is 10.8 Å². The van der Waals surface area contributed by atoms with Gasteiger partial charge >= 0.3 is 5.97 Å². The third-order valence-electron chi connectivity index (χ3n) is 3.03. The maximum Gasteiger partial charge on any atom is 0.347 e. The lowest BCUT2D eigenvalue weighted by atomic mass is 10.3. The average molecular weight is 249 g/mol. The van der Waals surface area contributed by atoms with E-state index in [1.54, 1.807) is 0 Å². The lowest BCUT2D eigenvalue weighted by molar-refractivity contribution is 0.0702. The molecule has 4 nitrogen and oxygen atoms in total. The van der Waals surface area contributed by atoms with Crippen molar-refractivity contribution in [3.05, 3.63) is 29.0 Å². The molecule has 17 heavy (non-hydrogen) atoms. The Morgan fingerprint density at radius 1 is 1.59 bits per heavy atom. The Morgan fingerprint density at radius 2 is 2.35 bits per heavy atom. The number of aromatic nitrogens is 1. The highest BCUT2D eigenvalue weighted by Crippen LogP contribution is 2.48. The van der Waals surface area contributed by atoms with E-state index in [4.69, 9.17) is 9.52 Å². The van der Waals surface area contributed by atoms with Gasteiger partial charge in [-0.05, 0) is 24.5 Å². The molecule has 0 aromatic carbocycles. The van der Waals surface area contributed by atoms with Crippen molar-refractivity contribution < 1.29 is 14.3 Å². The predicted octanol–water partition coefficient (Wildman–Crippen LogP) is 3.22. The van der Waals surface area contributed by atoms with Gasteiger partial charge in [0.1, 0.15) is 10.6 Å². The summed E-state index contributed by atoms with van der Waals surface area (Å²) in [5, 5.41) is 9.45. The van der Waals surface area contributed by atoms with E-state index in [1.807, 2.05) is 12.1 Å². The van der Waals surface area contributed by atoms with Crippen LogP contribution in [0.1, 0.15) is 34.7 Å². The number of carbonyl (C=O) groups is 1. The summed E-state index contributed by atoms with van der Waals surface area (Å²) in [7, 11) is 0. The van der Waals surface area contributed by atoms with Gasteiger partial charge in [-0.1, -0.05) is 6.92 Å². The third kappa shape index (κ3) is 1.86. The highest BCUT2D eigenvalue weighted by Gasteiger charge is 2.36. The molecule has 88 valence electrons. The van der Waals surface area contributed by atoms with Gasteiger partial charge in [0.25, 0.3) is 0 Å². The van der Waals surface area contributed by atoms with Crippen LogP contribution in [0.15, 0.2) is 22.7 Å². The van der Waals surface area contributed by atoms with Crippen LogP contribution in [0.4, 0.5) is 0 Å². The molecule has 2 aromatic rings. The van der Waals surface area contributed by atoms with E-state index in [1.165, 1.54) is 12.6 Å². The molecule has 2 heterocycles. The van der Waals surface area contributed by atoms with E-state index in [9.17, 15) is 4.79 Å². The molecule has 0 spiro atoms. The first-order chi connectivity index (χ1) is 8.15. The van der Waals surface area contributed by atoms with Crippen molar-refractivity contribution >= 4 is 17.3 Å². The second kappa shape index (κ2) is 3.70. The standard InChI is InChI=1S/C12H11NO3S/c1-6-4-7(6)8-2-3-9(16-8)11-13-5-10(17-11)12(14)15/h2-3,5-7H,4H2,1H3,(H,14,15). The van der Waals surface area contributed by atoms with Gasteiger partial charge in [-0.3, -0.25) is 0 Å². The van der Waals surface area contributed by atoms with E-state index < -0.39 is 5.97 Å². The van der Waals surface area contributed by atoms with Crippen LogP contribution in [-0.4, -0.2) is 16.1 Å². The molecule has 0 bridgehead atoms. The fourth-order valence-corrected chi connectivity index (χ4v) is 2.59. The molecule has 1 aliphatic carbocycles. The normalized spacial score (nSPS) is 22.6. The van der Waals surface area contributed by atoms with Crippen molar-refractivity contribution in [2.75, 3.05) is 0 Å². The molecule has 2 unspecified atom stereocenters. The summed E-state index contributed by atoms with van der Waals surface area (Å²) in [6.45, 7) is 2.19. The van der Waals surface area contributed by atoms with E-state index in [-0.39, 0.29) is 4.88 Å². The van der Waals surface area contributed by atoms with Crippen LogP contribution < -0.4 is 0 Å². The van der Waals surface area contributed by atoms with Gasteiger partial charge in [0.2, 0.25) is 0 Å². The number of aromatic carboxylic acids is 1. The van der Waals surface area contributed by atoms with E-state index in [0.29, 0.717) is 22.6 Å². The molecule has 1 aliphatic rings. The summed E-state index contributed by atoms with van der Waals surface area (Å²) in [5.41, 5.74) is 0. The fraction of sp³-hybridized carbons (Fsp3) is 0.333. The number of carboxylic acid groups (broad SMARTS) is 1. The van der Waals surface area contributed by atoms with Crippen molar-refractivity contribution in [2.24, 2.45) is 5.92 Å². The molecule has 0 aliphatic heterocycles. The van der Waals surface area contributed by atoms with Crippen LogP contribution in [0.25, 0.3) is 10.8 Å². The highest BCUT2D eigenvalue weighted by molar-refractivity contribution is 7.16. The predicted molar refractivity (Wildman–Crippen MR) is 63.3 cm³/mol. The number of thiazole rings is 1. The van der Waals surface area contributed by atoms with Crippen molar-refractivity contribution in [1.82, 2.24) is 4.98 Å². The molecule has 0 radical (unpaired) electrons. The first kappa shape index (κ1) is 10.5. The zero-order valence-electron chi connectivity index (χ0n) is 9.21. The van der Waals surface area contributed by atoms with E-state index in [2.05, 4.69) is 11.9 Å². The molecule has 1 saturated carbocycles. The molecule has 3 rings (SSSR count). The molecule has 5 heteroatoms. The molecule has 2 aromatic heterocycles. The second-order valence-electron chi connectivity index (χ2n) is 4.36. The van der Waals surface area contributed by atoms with Gasteiger partial charge in [-0.25, -0.2) is 9.78 Å². The monoisotopic (exact) mass is 249 g/mol. The Balaban J connectivity index is 1.87. The molecule has 2 atom stereocenters. The Hall–Kier alpha value is -1.62. The summed E-state index contributed by atoms with van der Waals surface area (Å²) in [5.74, 6) is 1.93. The smallest absolute Gasteiger partial charge is 0.347 e. The first-order valence-corrected chi connectivity index (χ1v) is 6.26. The lowest BCUT2D eigenvalue weighted by Crippen LogP contribution is -1.89. The number of carboxylic acids is 1. The lowest BCUT2D eigenvalue weighted by Gasteiger charge is -1.91. The van der Waals surface area contributed by atoms with E-state index >= 15 is 0 Å². The van der Waals surface area contributed by atoms with Crippen molar-refractivity contribution in [3.63, 3.8) is 0 Å². The third-order valence-corrected chi connectivity index (χ3v) is 4.03. The maximum atomic E-state index is 10.8. The fourth-order valence-electron chi connectivity index (χ4n) is 1.87. The van der Waals surface area contributed by atoms with Crippen LogP contribution in [0, 0.1) is 5.92 Å². The van der Waals surface area contributed by atoms with Gasteiger partial charge in [0, 0.05) is 5.92 Å². The van der Waals surface area contributed by atoms with Gasteiger partial charge in [-0.2, -0.15) is 0 Å². The van der Waals surface area contributed by atoms with Crippen molar-refractivity contribution in [1.29, 1.82) is 0 Å². The molecule has 1 fully saturated rings. The summed E-state index contributed by atoms with van der Waals surface area (Å²) in [6, 6.07) is 3.83.